The van der Waals surface area contributed by atoms with Crippen LogP contribution in [0.15, 0.2) is 48.6 Å². The Bertz CT molecular complexity index is 1410. The molecule has 0 saturated carbocycles. The molecule has 0 bridgehead atoms. The van der Waals surface area contributed by atoms with E-state index in [1.54, 1.807) is 0 Å². The molecular weight excluding hydrogens is 940 g/mol. The van der Waals surface area contributed by atoms with E-state index in [1.807, 2.05) is 33.3 Å². The van der Waals surface area contributed by atoms with Crippen LogP contribution < -0.4 is 5.32 Å². The number of unbranched alkanes of at least 4 members (excludes halogenated alkanes) is 35. The summed E-state index contributed by atoms with van der Waals surface area (Å²) in [7, 11) is 1.50. The van der Waals surface area contributed by atoms with Gasteiger partial charge in [-0.15, -0.1) is 0 Å². The first-order valence-electron chi connectivity index (χ1n) is 31.5. The number of nitrogens with one attached hydrogen (secondary N) is 1. The summed E-state index contributed by atoms with van der Waals surface area (Å²) >= 11 is 0. The number of amides is 1. The molecule has 0 aromatic heterocycles. The van der Waals surface area contributed by atoms with Crippen LogP contribution in [0.1, 0.15) is 297 Å². The first-order valence-corrected chi connectivity index (χ1v) is 33.0. The van der Waals surface area contributed by atoms with Crippen molar-refractivity contribution in [2.75, 3.05) is 40.9 Å². The second-order valence-corrected chi connectivity index (χ2v) is 24.0. The van der Waals surface area contributed by atoms with E-state index in [-0.39, 0.29) is 31.5 Å². The number of hydrogen-bond donors (Lipinski definition) is 2. The summed E-state index contributed by atoms with van der Waals surface area (Å²) in [5.74, 6) is -0.503. The molecule has 0 spiro atoms. The summed E-state index contributed by atoms with van der Waals surface area (Å²) in [6, 6.07) is -0.848. The van der Waals surface area contributed by atoms with Gasteiger partial charge in [0.05, 0.1) is 33.8 Å². The molecule has 3 unspecified atom stereocenters. The van der Waals surface area contributed by atoms with Crippen LogP contribution in [0.2, 0.25) is 0 Å². The SMILES string of the molecule is CCCCC/C=C\C/C=C\C/C=C\CCCCCCCCCCC(=O)OC(/C=C/CCCCCCCCCCC)C(COP(=O)(O)OCC[N+](C)(C)C)NC(=O)CCCCCCCCCCCCCCCCCC. The van der Waals surface area contributed by atoms with Gasteiger partial charge >= 0.3 is 13.8 Å². The fourth-order valence-electron chi connectivity index (χ4n) is 9.12. The summed E-state index contributed by atoms with van der Waals surface area (Å²) < 4.78 is 30.7. The van der Waals surface area contributed by atoms with E-state index < -0.39 is 20.0 Å². The summed E-state index contributed by atoms with van der Waals surface area (Å²) in [5.41, 5.74) is 0. The van der Waals surface area contributed by atoms with Crippen LogP contribution in [0.5, 0.6) is 0 Å². The lowest BCUT2D eigenvalue weighted by atomic mass is 10.0. The molecule has 2 N–H and O–H groups in total. The van der Waals surface area contributed by atoms with Crippen molar-refractivity contribution in [3.8, 4) is 0 Å². The molecule has 0 rings (SSSR count). The molecule has 0 fully saturated rings. The maximum atomic E-state index is 13.5. The minimum atomic E-state index is -4.45. The highest BCUT2D eigenvalue weighted by Crippen LogP contribution is 2.43. The number of rotatable bonds is 57. The number of phosphoric acid groups is 1. The average Bonchev–Trinajstić information content (AvgIpc) is 3.36. The largest absolute Gasteiger partial charge is 0.472 e. The number of nitrogens with zero attached hydrogens (tertiary/aromatic N) is 1. The molecule has 0 radical (unpaired) electrons. The third kappa shape index (κ3) is 54.7. The summed E-state index contributed by atoms with van der Waals surface area (Å²) in [6.07, 6.45) is 66.7. The Morgan fingerprint density at radius 3 is 1.26 bits per heavy atom. The molecule has 1 amide bonds. The highest BCUT2D eigenvalue weighted by atomic mass is 31.2. The number of allylic oxidation sites excluding steroid dienone is 7. The van der Waals surface area contributed by atoms with Gasteiger partial charge in [-0.3, -0.25) is 18.6 Å². The zero-order valence-electron chi connectivity index (χ0n) is 49.6. The molecule has 0 heterocycles. The predicted octanol–water partition coefficient (Wildman–Crippen LogP) is 19.3. The van der Waals surface area contributed by atoms with E-state index >= 15 is 0 Å². The van der Waals surface area contributed by atoms with Gasteiger partial charge in [-0.05, 0) is 70.3 Å². The van der Waals surface area contributed by atoms with Gasteiger partial charge in [0, 0.05) is 12.8 Å². The summed E-state index contributed by atoms with van der Waals surface area (Å²) in [6.45, 7) is 7.00. The lowest BCUT2D eigenvalue weighted by molar-refractivity contribution is -0.870. The van der Waals surface area contributed by atoms with Crippen molar-refractivity contribution in [1.82, 2.24) is 5.32 Å². The van der Waals surface area contributed by atoms with Crippen LogP contribution in [0, 0.1) is 0 Å². The van der Waals surface area contributed by atoms with Crippen LogP contribution >= 0.6 is 7.82 Å². The number of likely N-dealkylation sites (N-methyl/N-ethyl adjacent to an activating group) is 1. The fraction of sp³-hybridized carbons (Fsp3) is 0.844. The van der Waals surface area contributed by atoms with Crippen LogP contribution in [0.4, 0.5) is 0 Å². The van der Waals surface area contributed by atoms with Gasteiger partial charge in [0.25, 0.3) is 0 Å². The topological polar surface area (TPSA) is 111 Å². The Morgan fingerprint density at radius 1 is 0.473 bits per heavy atom. The number of carbonyl (C=O) groups is 2. The van der Waals surface area contributed by atoms with E-state index in [0.29, 0.717) is 17.4 Å². The standard InChI is InChI=1S/C64H121N2O7P/c1-7-10-13-16-19-22-25-27-29-31-32-33-34-35-37-39-42-45-48-51-54-57-64(68)73-62(55-52-49-46-43-40-24-21-18-15-12-9-3)61(60-72-74(69,70)71-59-58-66(4,5)6)65-63(67)56-53-50-47-44-41-38-36-30-28-26-23-20-17-14-11-8-2/h19,22,27,29,32-33,52,55,61-62H,7-18,20-21,23-26,28,30-31,34-51,53-54,56-60H2,1-6H3,(H-,65,67,69,70)/p+1/b22-19-,29-27-,33-32-,55-52+. The van der Waals surface area contributed by atoms with Gasteiger partial charge < -0.3 is 19.4 Å². The Morgan fingerprint density at radius 2 is 0.824 bits per heavy atom. The van der Waals surface area contributed by atoms with Gasteiger partial charge in [0.15, 0.2) is 0 Å². The second kappa shape index (κ2) is 54.3. The van der Waals surface area contributed by atoms with Crippen molar-refractivity contribution in [2.45, 2.75) is 309 Å². The third-order valence-electron chi connectivity index (χ3n) is 14.0. The van der Waals surface area contributed by atoms with Crippen LogP contribution in [-0.2, 0) is 27.9 Å². The molecule has 434 valence electrons. The lowest BCUT2D eigenvalue weighted by Crippen LogP contribution is -2.47. The molecule has 9 nitrogen and oxygen atoms in total. The smallest absolute Gasteiger partial charge is 0.456 e. The highest BCUT2D eigenvalue weighted by Gasteiger charge is 2.30. The molecule has 0 aromatic carbocycles. The van der Waals surface area contributed by atoms with Gasteiger partial charge in [-0.2, -0.15) is 0 Å². The Kier molecular flexibility index (Phi) is 52.8. The third-order valence-corrected chi connectivity index (χ3v) is 15.0. The monoisotopic (exact) mass is 1060 g/mol. The van der Waals surface area contributed by atoms with Crippen LogP contribution in [-0.4, -0.2) is 74.3 Å². The van der Waals surface area contributed by atoms with Gasteiger partial charge in [-0.1, -0.05) is 262 Å². The second-order valence-electron chi connectivity index (χ2n) is 22.6. The Hall–Kier alpha value is -2.03. The quantitative estimate of drug-likeness (QED) is 0.0205. The molecule has 0 saturated heterocycles. The van der Waals surface area contributed by atoms with E-state index in [9.17, 15) is 19.0 Å². The maximum Gasteiger partial charge on any atom is 0.472 e. The van der Waals surface area contributed by atoms with Crippen molar-refractivity contribution in [3.63, 3.8) is 0 Å². The minimum Gasteiger partial charge on any atom is -0.456 e. The first kappa shape index (κ1) is 72.0. The summed E-state index contributed by atoms with van der Waals surface area (Å²) in [4.78, 5) is 37.7. The maximum absolute atomic E-state index is 13.5. The number of esters is 1. The molecule has 74 heavy (non-hydrogen) atoms. The van der Waals surface area contributed by atoms with Crippen molar-refractivity contribution in [2.24, 2.45) is 0 Å². The van der Waals surface area contributed by atoms with E-state index in [2.05, 4.69) is 62.5 Å². The van der Waals surface area contributed by atoms with Crippen molar-refractivity contribution in [3.05, 3.63) is 48.6 Å². The number of hydrogen-bond acceptors (Lipinski definition) is 6. The number of ether oxygens (including phenoxy) is 1. The predicted molar refractivity (Wildman–Crippen MR) is 319 cm³/mol. The molecule has 0 aliphatic rings. The molecular formula is C64H122N2O7P+. The van der Waals surface area contributed by atoms with Crippen molar-refractivity contribution in [1.29, 1.82) is 0 Å². The van der Waals surface area contributed by atoms with Gasteiger partial charge in [-0.25, -0.2) is 4.57 Å². The molecule has 10 heteroatoms. The number of carbonyl (C=O) groups excluding carboxylic acids is 2. The Labute approximate surface area is 458 Å². The summed E-state index contributed by atoms with van der Waals surface area (Å²) in [5, 5.41) is 3.06. The zero-order valence-corrected chi connectivity index (χ0v) is 50.5. The molecule has 0 aliphatic heterocycles. The normalized spacial score (nSPS) is 14.0. The fourth-order valence-corrected chi connectivity index (χ4v) is 9.86. The van der Waals surface area contributed by atoms with Gasteiger partial charge in [0.1, 0.15) is 19.3 Å². The molecule has 0 aliphatic carbocycles. The van der Waals surface area contributed by atoms with E-state index in [1.165, 1.54) is 180 Å². The number of quaternary nitrogens is 1. The van der Waals surface area contributed by atoms with Crippen molar-refractivity contribution >= 4 is 19.7 Å². The van der Waals surface area contributed by atoms with Crippen LogP contribution in [0.25, 0.3) is 0 Å². The number of phosphoric ester groups is 1. The highest BCUT2D eigenvalue weighted by molar-refractivity contribution is 7.47. The molecule has 0 aromatic rings. The van der Waals surface area contributed by atoms with E-state index in [0.717, 1.165) is 83.5 Å². The van der Waals surface area contributed by atoms with Crippen LogP contribution in [0.3, 0.4) is 0 Å². The first-order chi connectivity index (χ1) is 35.9. The Balaban J connectivity index is 5.19. The van der Waals surface area contributed by atoms with Gasteiger partial charge in [0.2, 0.25) is 5.91 Å². The zero-order chi connectivity index (χ0) is 54.3. The molecule has 3 atom stereocenters. The van der Waals surface area contributed by atoms with E-state index in [4.69, 9.17) is 13.8 Å². The van der Waals surface area contributed by atoms with Crippen molar-refractivity contribution < 1.29 is 37.3 Å². The average molecular weight is 1060 g/mol. The lowest BCUT2D eigenvalue weighted by Gasteiger charge is -2.27. The minimum absolute atomic E-state index is 0.0401.